The quantitative estimate of drug-likeness (QED) is 0.363. The molecule has 1 aromatic heterocycles. The molecule has 30 heavy (non-hydrogen) atoms. The molecule has 3 unspecified atom stereocenters. The number of nitrogens with one attached hydrogen (secondary N) is 3. The molecule has 0 fully saturated rings. The highest BCUT2D eigenvalue weighted by Gasteiger charge is 2.28. The average molecular weight is 415 g/mol. The van der Waals surface area contributed by atoms with Crippen molar-refractivity contribution in [3.8, 4) is 0 Å². The summed E-state index contributed by atoms with van der Waals surface area (Å²) >= 11 is 0. The molecule has 0 saturated heterocycles. The summed E-state index contributed by atoms with van der Waals surface area (Å²) in [6.07, 6.45) is 3.79. The maximum absolute atomic E-state index is 12.9. The van der Waals surface area contributed by atoms with Crippen LogP contribution in [0.2, 0.25) is 0 Å². The Hall–Kier alpha value is -3.20. The number of carboxylic acid groups (broad SMARTS) is 1. The van der Waals surface area contributed by atoms with Gasteiger partial charge in [0.25, 0.3) is 0 Å². The van der Waals surface area contributed by atoms with Gasteiger partial charge >= 0.3 is 5.97 Å². The SMILES string of the molecule is CC(C)CC(NC(=O)C(Cc1ccccc1)NC(=O)C(N)Cc1cnc[nH]1)C(=O)O. The van der Waals surface area contributed by atoms with Crippen molar-refractivity contribution in [1.29, 1.82) is 0 Å². The molecule has 6 N–H and O–H groups in total. The number of carbonyl (C=O) groups excluding carboxylic acids is 2. The second-order valence-corrected chi connectivity index (χ2v) is 7.67. The molecule has 0 saturated carbocycles. The first-order valence-electron chi connectivity index (χ1n) is 9.86. The topological polar surface area (TPSA) is 150 Å². The molecule has 1 aromatic carbocycles. The Bertz CT molecular complexity index is 823. The van der Waals surface area contributed by atoms with E-state index in [0.717, 1.165) is 5.56 Å². The van der Waals surface area contributed by atoms with Crippen LogP contribution in [0.4, 0.5) is 0 Å². The summed E-state index contributed by atoms with van der Waals surface area (Å²) < 4.78 is 0. The van der Waals surface area contributed by atoms with Crippen molar-refractivity contribution in [2.45, 2.75) is 51.2 Å². The molecule has 1 heterocycles. The Labute approximate surface area is 175 Å². The molecule has 3 atom stereocenters. The van der Waals surface area contributed by atoms with Crippen LogP contribution < -0.4 is 16.4 Å². The number of amides is 2. The molecule has 0 aliphatic heterocycles. The minimum Gasteiger partial charge on any atom is -0.480 e. The maximum Gasteiger partial charge on any atom is 0.326 e. The number of benzene rings is 1. The van der Waals surface area contributed by atoms with Gasteiger partial charge in [0.15, 0.2) is 0 Å². The Morgan fingerprint density at radius 1 is 1.07 bits per heavy atom. The highest BCUT2D eigenvalue weighted by atomic mass is 16.4. The first kappa shape index (κ1) is 23.1. The molecule has 0 radical (unpaired) electrons. The van der Waals surface area contributed by atoms with E-state index in [1.54, 1.807) is 6.20 Å². The first-order chi connectivity index (χ1) is 14.3. The minimum atomic E-state index is -1.11. The molecular weight excluding hydrogens is 386 g/mol. The van der Waals surface area contributed by atoms with Crippen LogP contribution in [0.5, 0.6) is 0 Å². The Kier molecular flexibility index (Phi) is 8.54. The molecule has 2 aromatic rings. The van der Waals surface area contributed by atoms with Crippen LogP contribution in [0.15, 0.2) is 42.9 Å². The van der Waals surface area contributed by atoms with Gasteiger partial charge in [0, 0.05) is 24.7 Å². The zero-order valence-corrected chi connectivity index (χ0v) is 17.2. The highest BCUT2D eigenvalue weighted by molar-refractivity contribution is 5.92. The van der Waals surface area contributed by atoms with Crippen molar-refractivity contribution < 1.29 is 19.5 Å². The van der Waals surface area contributed by atoms with E-state index in [2.05, 4.69) is 20.6 Å². The summed E-state index contributed by atoms with van der Waals surface area (Å²) in [5, 5.41) is 14.6. The van der Waals surface area contributed by atoms with Crippen molar-refractivity contribution in [2.24, 2.45) is 11.7 Å². The van der Waals surface area contributed by atoms with Crippen LogP contribution in [0.3, 0.4) is 0 Å². The number of nitrogens with two attached hydrogens (primary N) is 1. The van der Waals surface area contributed by atoms with E-state index in [1.165, 1.54) is 6.33 Å². The summed E-state index contributed by atoms with van der Waals surface area (Å²) in [4.78, 5) is 43.8. The molecule has 0 bridgehead atoms. The average Bonchev–Trinajstić information content (AvgIpc) is 3.20. The van der Waals surface area contributed by atoms with Crippen LogP contribution >= 0.6 is 0 Å². The number of rotatable bonds is 11. The minimum absolute atomic E-state index is 0.0800. The van der Waals surface area contributed by atoms with Gasteiger partial charge in [-0.25, -0.2) is 9.78 Å². The lowest BCUT2D eigenvalue weighted by Gasteiger charge is -2.23. The van der Waals surface area contributed by atoms with Gasteiger partial charge in [0.05, 0.1) is 12.4 Å². The maximum atomic E-state index is 12.9. The van der Waals surface area contributed by atoms with E-state index >= 15 is 0 Å². The van der Waals surface area contributed by atoms with Crippen molar-refractivity contribution in [3.63, 3.8) is 0 Å². The number of aliphatic carboxylic acids is 1. The van der Waals surface area contributed by atoms with Gasteiger partial charge in [-0.1, -0.05) is 44.2 Å². The fraction of sp³-hybridized carbons (Fsp3) is 0.429. The van der Waals surface area contributed by atoms with Crippen LogP contribution in [-0.2, 0) is 27.2 Å². The van der Waals surface area contributed by atoms with E-state index < -0.39 is 35.9 Å². The lowest BCUT2D eigenvalue weighted by Crippen LogP contribution is -2.55. The molecule has 2 rings (SSSR count). The smallest absolute Gasteiger partial charge is 0.326 e. The molecule has 162 valence electrons. The number of carbonyl (C=O) groups is 3. The number of carboxylic acids is 1. The lowest BCUT2D eigenvalue weighted by atomic mass is 10.0. The normalized spacial score (nSPS) is 14.0. The van der Waals surface area contributed by atoms with Crippen molar-refractivity contribution in [3.05, 3.63) is 54.1 Å². The van der Waals surface area contributed by atoms with Crippen LogP contribution in [0, 0.1) is 5.92 Å². The predicted molar refractivity (Wildman–Crippen MR) is 111 cm³/mol. The monoisotopic (exact) mass is 415 g/mol. The third-order valence-electron chi connectivity index (χ3n) is 4.57. The third kappa shape index (κ3) is 7.32. The fourth-order valence-corrected chi connectivity index (χ4v) is 3.03. The number of aromatic nitrogens is 2. The van der Waals surface area contributed by atoms with Gasteiger partial charge in [-0.05, 0) is 17.9 Å². The number of nitrogens with zero attached hydrogens (tertiary/aromatic N) is 1. The number of H-pyrrole nitrogens is 1. The Morgan fingerprint density at radius 2 is 1.73 bits per heavy atom. The first-order valence-corrected chi connectivity index (χ1v) is 9.86. The molecule has 9 heteroatoms. The van der Waals surface area contributed by atoms with Crippen molar-refractivity contribution >= 4 is 17.8 Å². The summed E-state index contributed by atoms with van der Waals surface area (Å²) in [5.41, 5.74) is 7.51. The third-order valence-corrected chi connectivity index (χ3v) is 4.57. The predicted octanol–water partition coefficient (Wildman–Crippen LogP) is 0.623. The summed E-state index contributed by atoms with van der Waals surface area (Å²) in [7, 11) is 0. The standard InChI is InChI=1S/C21H29N5O4/c1-13(2)8-18(21(29)30)26-20(28)17(9-14-6-4-3-5-7-14)25-19(27)16(22)10-15-11-23-12-24-15/h3-7,11-13,16-18H,8-10,22H2,1-2H3,(H,23,24)(H,25,27)(H,26,28)(H,29,30). The molecule has 0 spiro atoms. The van der Waals surface area contributed by atoms with Gasteiger partial charge in [-0.15, -0.1) is 0 Å². The Balaban J connectivity index is 2.11. The van der Waals surface area contributed by atoms with Gasteiger partial charge < -0.3 is 26.5 Å². The van der Waals surface area contributed by atoms with Crippen LogP contribution in [0.1, 0.15) is 31.5 Å². The second kappa shape index (κ2) is 11.1. The van der Waals surface area contributed by atoms with E-state index in [1.807, 2.05) is 44.2 Å². The number of aromatic amines is 1. The van der Waals surface area contributed by atoms with Gasteiger partial charge in [-0.2, -0.15) is 0 Å². The molecule has 2 amide bonds. The van der Waals surface area contributed by atoms with E-state index in [9.17, 15) is 19.5 Å². The Morgan fingerprint density at radius 3 is 2.30 bits per heavy atom. The number of hydrogen-bond donors (Lipinski definition) is 5. The number of imidazole rings is 1. The highest BCUT2D eigenvalue weighted by Crippen LogP contribution is 2.08. The zero-order chi connectivity index (χ0) is 22.1. The number of hydrogen-bond acceptors (Lipinski definition) is 5. The van der Waals surface area contributed by atoms with Gasteiger partial charge in [-0.3, -0.25) is 9.59 Å². The zero-order valence-electron chi connectivity index (χ0n) is 17.2. The lowest BCUT2D eigenvalue weighted by molar-refractivity contribution is -0.142. The van der Waals surface area contributed by atoms with Crippen LogP contribution in [-0.4, -0.2) is 51.0 Å². The van der Waals surface area contributed by atoms with E-state index in [-0.39, 0.29) is 25.2 Å². The summed E-state index contributed by atoms with van der Waals surface area (Å²) in [5.74, 6) is -2.10. The summed E-state index contributed by atoms with van der Waals surface area (Å²) in [6, 6.07) is 6.29. The van der Waals surface area contributed by atoms with Crippen molar-refractivity contribution in [2.75, 3.05) is 0 Å². The summed E-state index contributed by atoms with van der Waals surface area (Å²) in [6.45, 7) is 3.75. The largest absolute Gasteiger partial charge is 0.480 e. The van der Waals surface area contributed by atoms with Gasteiger partial charge in [0.2, 0.25) is 11.8 Å². The fourth-order valence-electron chi connectivity index (χ4n) is 3.03. The van der Waals surface area contributed by atoms with E-state index in [4.69, 9.17) is 5.73 Å². The molecule has 0 aliphatic rings. The van der Waals surface area contributed by atoms with E-state index in [0.29, 0.717) is 5.69 Å². The van der Waals surface area contributed by atoms with Gasteiger partial charge in [0.1, 0.15) is 12.1 Å². The van der Waals surface area contributed by atoms with Crippen molar-refractivity contribution in [1.82, 2.24) is 20.6 Å². The second-order valence-electron chi connectivity index (χ2n) is 7.67. The molecule has 9 nitrogen and oxygen atoms in total. The molecular formula is C21H29N5O4. The molecule has 0 aliphatic carbocycles. The van der Waals surface area contributed by atoms with Crippen LogP contribution in [0.25, 0.3) is 0 Å².